The molecule has 0 aliphatic rings. The largest absolute Gasteiger partial charge is 0.384 e. The van der Waals surface area contributed by atoms with E-state index in [1.165, 1.54) is 18.2 Å². The zero-order valence-corrected chi connectivity index (χ0v) is 10.9. The van der Waals surface area contributed by atoms with Crippen LogP contribution in [-0.4, -0.2) is 11.4 Å². The van der Waals surface area contributed by atoms with E-state index in [4.69, 9.17) is 0 Å². The normalized spacial score (nSPS) is 12.2. The van der Waals surface area contributed by atoms with Gasteiger partial charge < -0.3 is 5.11 Å². The Balaban J connectivity index is 2.42. The number of hydrogen-bond acceptors (Lipinski definition) is 2. The average Bonchev–Trinajstić information content (AvgIpc) is 2.37. The van der Waals surface area contributed by atoms with Crippen molar-refractivity contribution < 1.29 is 14.3 Å². The number of carbonyl (C=O) groups excluding carboxylic acids is 1. The molecule has 0 spiro atoms. The van der Waals surface area contributed by atoms with E-state index < -0.39 is 11.9 Å². The second-order valence-electron chi connectivity index (χ2n) is 3.89. The van der Waals surface area contributed by atoms with Crippen molar-refractivity contribution in [2.45, 2.75) is 6.10 Å². The lowest BCUT2D eigenvalue weighted by Crippen LogP contribution is -2.01. The Kier molecular flexibility index (Phi) is 3.89. The monoisotopic (exact) mass is 308 g/mol. The molecule has 2 aromatic carbocycles. The van der Waals surface area contributed by atoms with Gasteiger partial charge in [-0.25, -0.2) is 4.39 Å². The topological polar surface area (TPSA) is 37.3 Å². The average molecular weight is 309 g/mol. The highest BCUT2D eigenvalue weighted by molar-refractivity contribution is 9.10. The SMILES string of the molecule is O=Cc1cc(Br)cc(C(O)c2cccc(F)c2)c1. The highest BCUT2D eigenvalue weighted by Crippen LogP contribution is 2.26. The van der Waals surface area contributed by atoms with Crippen LogP contribution in [0, 0.1) is 5.82 Å². The van der Waals surface area contributed by atoms with Gasteiger partial charge in [-0.05, 0) is 41.5 Å². The molecule has 2 nitrogen and oxygen atoms in total. The van der Waals surface area contributed by atoms with Crippen molar-refractivity contribution >= 4 is 22.2 Å². The number of hydrogen-bond donors (Lipinski definition) is 1. The first-order valence-corrected chi connectivity index (χ1v) is 6.08. The lowest BCUT2D eigenvalue weighted by Gasteiger charge is -2.12. The van der Waals surface area contributed by atoms with Crippen molar-refractivity contribution in [2.24, 2.45) is 0 Å². The molecule has 2 rings (SSSR count). The molecular weight excluding hydrogens is 299 g/mol. The van der Waals surface area contributed by atoms with Crippen molar-refractivity contribution in [3.05, 3.63) is 69.4 Å². The van der Waals surface area contributed by atoms with Crippen molar-refractivity contribution in [1.29, 1.82) is 0 Å². The van der Waals surface area contributed by atoms with E-state index in [-0.39, 0.29) is 0 Å². The first-order chi connectivity index (χ1) is 8.60. The number of aliphatic hydroxyl groups is 1. The number of benzene rings is 2. The summed E-state index contributed by atoms with van der Waals surface area (Å²) in [5.41, 5.74) is 1.44. The van der Waals surface area contributed by atoms with Crippen LogP contribution < -0.4 is 0 Å². The maximum absolute atomic E-state index is 13.1. The summed E-state index contributed by atoms with van der Waals surface area (Å²) in [5, 5.41) is 10.2. The molecular formula is C14H10BrFO2. The van der Waals surface area contributed by atoms with Crippen molar-refractivity contribution in [2.75, 3.05) is 0 Å². The van der Waals surface area contributed by atoms with E-state index in [9.17, 15) is 14.3 Å². The molecule has 1 N–H and O–H groups in total. The molecule has 0 saturated carbocycles. The van der Waals surface area contributed by atoms with Crippen molar-refractivity contribution in [3.63, 3.8) is 0 Å². The molecule has 0 aromatic heterocycles. The van der Waals surface area contributed by atoms with E-state index in [1.807, 2.05) is 0 Å². The fourth-order valence-electron chi connectivity index (χ4n) is 1.73. The summed E-state index contributed by atoms with van der Waals surface area (Å²) < 4.78 is 13.8. The molecule has 18 heavy (non-hydrogen) atoms. The molecule has 1 atom stereocenters. The van der Waals surface area contributed by atoms with E-state index in [2.05, 4.69) is 15.9 Å². The number of aliphatic hydroxyl groups excluding tert-OH is 1. The second kappa shape index (κ2) is 5.42. The van der Waals surface area contributed by atoms with Crippen molar-refractivity contribution in [3.8, 4) is 0 Å². The Labute approximate surface area is 112 Å². The lowest BCUT2D eigenvalue weighted by molar-refractivity contribution is 0.112. The van der Waals surface area contributed by atoms with Gasteiger partial charge in [0.05, 0.1) is 0 Å². The summed E-state index contributed by atoms with van der Waals surface area (Å²) in [7, 11) is 0. The molecule has 1 unspecified atom stereocenters. The molecule has 0 heterocycles. The molecule has 92 valence electrons. The molecule has 0 bridgehead atoms. The van der Waals surface area contributed by atoms with E-state index in [0.29, 0.717) is 27.4 Å². The first-order valence-electron chi connectivity index (χ1n) is 5.29. The fourth-order valence-corrected chi connectivity index (χ4v) is 2.26. The standard InChI is InChI=1S/C14H10BrFO2/c15-12-5-9(8-17)4-11(6-12)14(18)10-2-1-3-13(16)7-10/h1-8,14,18H. The summed E-state index contributed by atoms with van der Waals surface area (Å²) in [5.74, 6) is -0.405. The first kappa shape index (κ1) is 12.9. The minimum Gasteiger partial charge on any atom is -0.384 e. The van der Waals surface area contributed by atoms with Crippen LogP contribution in [0.2, 0.25) is 0 Å². The Bertz CT molecular complexity index is 584. The molecule has 2 aromatic rings. The summed E-state index contributed by atoms with van der Waals surface area (Å²) in [6.07, 6.45) is -0.260. The molecule has 0 aliphatic carbocycles. The van der Waals surface area contributed by atoms with Crippen LogP contribution in [0.25, 0.3) is 0 Å². The molecule has 0 saturated heterocycles. The van der Waals surface area contributed by atoms with Gasteiger partial charge in [0.1, 0.15) is 18.2 Å². The van der Waals surface area contributed by atoms with E-state index in [1.54, 1.807) is 24.3 Å². The summed E-state index contributed by atoms with van der Waals surface area (Å²) in [6.45, 7) is 0. The minimum absolute atomic E-state index is 0.405. The molecule has 0 radical (unpaired) electrons. The van der Waals surface area contributed by atoms with Gasteiger partial charge in [-0.1, -0.05) is 28.1 Å². The van der Waals surface area contributed by atoms with Gasteiger partial charge in [0.2, 0.25) is 0 Å². The fraction of sp³-hybridized carbons (Fsp3) is 0.0714. The van der Waals surface area contributed by atoms with Crippen LogP contribution in [0.1, 0.15) is 27.6 Å². The van der Waals surface area contributed by atoms with Crippen LogP contribution in [0.3, 0.4) is 0 Å². The van der Waals surface area contributed by atoms with Gasteiger partial charge >= 0.3 is 0 Å². The zero-order chi connectivity index (χ0) is 13.1. The Morgan fingerprint density at radius 2 is 1.94 bits per heavy atom. The van der Waals surface area contributed by atoms with Crippen LogP contribution in [0.15, 0.2) is 46.9 Å². The van der Waals surface area contributed by atoms with Crippen LogP contribution in [-0.2, 0) is 0 Å². The zero-order valence-electron chi connectivity index (χ0n) is 9.31. The van der Waals surface area contributed by atoms with Gasteiger partial charge in [0.25, 0.3) is 0 Å². The number of halogens is 2. The van der Waals surface area contributed by atoms with Crippen LogP contribution in [0.4, 0.5) is 4.39 Å². The number of aldehydes is 1. The number of rotatable bonds is 3. The van der Waals surface area contributed by atoms with Gasteiger partial charge in [-0.3, -0.25) is 4.79 Å². The predicted molar refractivity (Wildman–Crippen MR) is 70.0 cm³/mol. The summed E-state index contributed by atoms with van der Waals surface area (Å²) in [4.78, 5) is 10.8. The molecule has 0 aliphatic heterocycles. The molecule has 4 heteroatoms. The lowest BCUT2D eigenvalue weighted by atomic mass is 10.00. The highest BCUT2D eigenvalue weighted by Gasteiger charge is 2.12. The Morgan fingerprint density at radius 1 is 1.17 bits per heavy atom. The third-order valence-corrected chi connectivity index (χ3v) is 3.02. The van der Waals surface area contributed by atoms with Crippen molar-refractivity contribution in [1.82, 2.24) is 0 Å². The highest BCUT2D eigenvalue weighted by atomic mass is 79.9. The molecule has 0 fully saturated rings. The van der Waals surface area contributed by atoms with Gasteiger partial charge in [0.15, 0.2) is 0 Å². The Hall–Kier alpha value is -1.52. The van der Waals surface area contributed by atoms with Gasteiger partial charge in [0, 0.05) is 10.0 Å². The smallest absolute Gasteiger partial charge is 0.150 e. The molecule has 0 amide bonds. The predicted octanol–water partition coefficient (Wildman–Crippen LogP) is 3.48. The van der Waals surface area contributed by atoms with Crippen LogP contribution >= 0.6 is 15.9 Å². The third kappa shape index (κ3) is 2.83. The summed E-state index contributed by atoms with van der Waals surface area (Å²) in [6, 6.07) is 10.7. The van der Waals surface area contributed by atoms with Gasteiger partial charge in [-0.2, -0.15) is 0 Å². The van der Waals surface area contributed by atoms with E-state index in [0.717, 1.165) is 0 Å². The van der Waals surface area contributed by atoms with Crippen LogP contribution in [0.5, 0.6) is 0 Å². The minimum atomic E-state index is -0.961. The number of carbonyl (C=O) groups is 1. The third-order valence-electron chi connectivity index (χ3n) is 2.56. The van der Waals surface area contributed by atoms with E-state index >= 15 is 0 Å². The maximum atomic E-state index is 13.1. The maximum Gasteiger partial charge on any atom is 0.150 e. The Morgan fingerprint density at radius 3 is 2.61 bits per heavy atom. The summed E-state index contributed by atoms with van der Waals surface area (Å²) >= 11 is 3.27. The quantitative estimate of drug-likeness (QED) is 0.881. The second-order valence-corrected chi connectivity index (χ2v) is 4.81. The van der Waals surface area contributed by atoms with Gasteiger partial charge in [-0.15, -0.1) is 0 Å².